The van der Waals surface area contributed by atoms with E-state index in [0.717, 1.165) is 24.0 Å². The van der Waals surface area contributed by atoms with Gasteiger partial charge in [-0.1, -0.05) is 24.3 Å². The molecule has 2 aliphatic rings. The number of rotatable bonds is 1. The highest BCUT2D eigenvalue weighted by atomic mass is 16.4. The van der Waals surface area contributed by atoms with Gasteiger partial charge in [-0.15, -0.1) is 0 Å². The third-order valence-electron chi connectivity index (χ3n) is 3.78. The van der Waals surface area contributed by atoms with Crippen molar-refractivity contribution in [1.29, 1.82) is 0 Å². The van der Waals surface area contributed by atoms with Gasteiger partial charge in [-0.2, -0.15) is 0 Å². The van der Waals surface area contributed by atoms with Crippen LogP contribution in [0.15, 0.2) is 24.3 Å². The van der Waals surface area contributed by atoms with Crippen LogP contribution >= 0.6 is 0 Å². The molecule has 0 heterocycles. The zero-order valence-corrected chi connectivity index (χ0v) is 8.68. The number of hydrogen-bond donors (Lipinski definition) is 3. The Hall–Kier alpha value is -1.55. The molecule has 1 amide bonds. The van der Waals surface area contributed by atoms with Crippen molar-refractivity contribution in [2.75, 3.05) is 0 Å². The van der Waals surface area contributed by atoms with E-state index >= 15 is 0 Å². The van der Waals surface area contributed by atoms with Crippen LogP contribution in [0, 0.1) is 0 Å². The number of nitrogens with one attached hydrogen (secondary N) is 1. The summed E-state index contributed by atoms with van der Waals surface area (Å²) in [6.07, 6.45) is 0.184. The number of hydrogen-bond acceptors (Lipinski definition) is 2. The standard InChI is InChI=1S/C12H13NO3/c14-10-9(13-11(15)16)7-3-1-2-4-8(7)12(10)5-6-12/h1-4,9-10,13-14H,5-6H2,(H,15,16). The first-order valence-corrected chi connectivity index (χ1v) is 5.42. The van der Waals surface area contributed by atoms with E-state index in [9.17, 15) is 9.90 Å². The minimum absolute atomic E-state index is 0.177. The first-order chi connectivity index (χ1) is 7.65. The van der Waals surface area contributed by atoms with Crippen LogP contribution in [-0.2, 0) is 5.41 Å². The maximum absolute atomic E-state index is 10.7. The van der Waals surface area contributed by atoms with Gasteiger partial charge in [0.15, 0.2) is 0 Å². The molecule has 2 atom stereocenters. The second kappa shape index (κ2) is 2.98. The van der Waals surface area contributed by atoms with E-state index in [0.29, 0.717) is 0 Å². The molecule has 3 N–H and O–H groups in total. The third kappa shape index (κ3) is 1.10. The van der Waals surface area contributed by atoms with Crippen LogP contribution in [0.5, 0.6) is 0 Å². The number of amides is 1. The van der Waals surface area contributed by atoms with Crippen LogP contribution in [0.3, 0.4) is 0 Å². The second-order valence-electron chi connectivity index (χ2n) is 4.62. The molecule has 16 heavy (non-hydrogen) atoms. The molecule has 1 spiro atoms. The van der Waals surface area contributed by atoms with Crippen LogP contribution in [0.25, 0.3) is 0 Å². The molecular weight excluding hydrogens is 206 g/mol. The molecule has 2 aliphatic carbocycles. The molecule has 0 aliphatic heterocycles. The number of carboxylic acid groups (broad SMARTS) is 1. The van der Waals surface area contributed by atoms with Gasteiger partial charge in [0.25, 0.3) is 0 Å². The van der Waals surface area contributed by atoms with E-state index in [1.165, 1.54) is 0 Å². The molecule has 2 unspecified atom stereocenters. The Kier molecular flexibility index (Phi) is 1.80. The average Bonchev–Trinajstić information content (AvgIpc) is 3.02. The minimum Gasteiger partial charge on any atom is -0.465 e. The lowest BCUT2D eigenvalue weighted by molar-refractivity contribution is 0.101. The first kappa shape index (κ1) is 9.66. The topological polar surface area (TPSA) is 69.6 Å². The number of benzene rings is 1. The summed E-state index contributed by atoms with van der Waals surface area (Å²) in [5.41, 5.74) is 1.86. The zero-order valence-electron chi connectivity index (χ0n) is 8.68. The molecule has 4 heteroatoms. The van der Waals surface area contributed by atoms with Gasteiger partial charge < -0.3 is 15.5 Å². The van der Waals surface area contributed by atoms with Gasteiger partial charge in [0.2, 0.25) is 0 Å². The Balaban J connectivity index is 2.06. The summed E-state index contributed by atoms with van der Waals surface area (Å²) in [7, 11) is 0. The average molecular weight is 219 g/mol. The fraction of sp³-hybridized carbons (Fsp3) is 0.417. The Labute approximate surface area is 92.9 Å². The predicted octanol–water partition coefficient (Wildman–Crippen LogP) is 1.40. The van der Waals surface area contributed by atoms with Crippen molar-refractivity contribution in [3.63, 3.8) is 0 Å². The zero-order chi connectivity index (χ0) is 11.3. The van der Waals surface area contributed by atoms with Gasteiger partial charge in [0.1, 0.15) is 0 Å². The van der Waals surface area contributed by atoms with Gasteiger partial charge in [0, 0.05) is 5.41 Å². The molecule has 0 saturated heterocycles. The lowest BCUT2D eigenvalue weighted by atomic mass is 9.97. The summed E-state index contributed by atoms with van der Waals surface area (Å²) >= 11 is 0. The van der Waals surface area contributed by atoms with Crippen LogP contribution < -0.4 is 5.32 Å². The highest BCUT2D eigenvalue weighted by molar-refractivity contribution is 5.66. The van der Waals surface area contributed by atoms with E-state index in [2.05, 4.69) is 5.32 Å². The van der Waals surface area contributed by atoms with Gasteiger partial charge in [-0.25, -0.2) is 4.79 Å². The van der Waals surface area contributed by atoms with Crippen molar-refractivity contribution in [3.8, 4) is 0 Å². The van der Waals surface area contributed by atoms with Crippen molar-refractivity contribution < 1.29 is 15.0 Å². The Morgan fingerprint density at radius 2 is 2.06 bits per heavy atom. The summed E-state index contributed by atoms with van der Waals surface area (Å²) < 4.78 is 0. The van der Waals surface area contributed by atoms with Crippen molar-refractivity contribution in [3.05, 3.63) is 35.4 Å². The minimum atomic E-state index is -1.09. The molecule has 1 saturated carbocycles. The van der Waals surface area contributed by atoms with Crippen LogP contribution in [0.1, 0.15) is 30.0 Å². The summed E-state index contributed by atoms with van der Waals surface area (Å²) in [5, 5.41) is 21.4. The SMILES string of the molecule is O=C(O)NC1c2ccccc2C2(CC2)C1O. The van der Waals surface area contributed by atoms with Crippen LogP contribution in [-0.4, -0.2) is 22.4 Å². The highest BCUT2D eigenvalue weighted by Gasteiger charge is 2.59. The quantitative estimate of drug-likeness (QED) is 0.668. The largest absolute Gasteiger partial charge is 0.465 e. The summed E-state index contributed by atoms with van der Waals surface area (Å²) in [6, 6.07) is 7.23. The Morgan fingerprint density at radius 1 is 1.38 bits per heavy atom. The molecule has 4 nitrogen and oxygen atoms in total. The normalized spacial score (nSPS) is 28.8. The fourth-order valence-electron chi connectivity index (χ4n) is 2.86. The summed E-state index contributed by atoms with van der Waals surface area (Å²) in [4.78, 5) is 10.7. The number of aliphatic hydroxyl groups excluding tert-OH is 1. The van der Waals surface area contributed by atoms with Gasteiger partial charge in [-0.3, -0.25) is 0 Å². The van der Waals surface area contributed by atoms with E-state index in [4.69, 9.17) is 5.11 Å². The van der Waals surface area contributed by atoms with E-state index in [1.54, 1.807) is 0 Å². The number of fused-ring (bicyclic) bond motifs is 2. The molecule has 1 aromatic rings. The maximum atomic E-state index is 10.7. The van der Waals surface area contributed by atoms with Gasteiger partial charge >= 0.3 is 6.09 Å². The molecule has 1 fully saturated rings. The third-order valence-corrected chi connectivity index (χ3v) is 3.78. The highest BCUT2D eigenvalue weighted by Crippen LogP contribution is 2.59. The van der Waals surface area contributed by atoms with Crippen molar-refractivity contribution in [1.82, 2.24) is 5.32 Å². The molecule has 0 bridgehead atoms. The maximum Gasteiger partial charge on any atom is 0.405 e. The lowest BCUT2D eigenvalue weighted by Gasteiger charge is -2.19. The van der Waals surface area contributed by atoms with E-state index < -0.39 is 18.2 Å². The Morgan fingerprint density at radius 3 is 2.69 bits per heavy atom. The molecule has 3 rings (SSSR count). The van der Waals surface area contributed by atoms with Crippen LogP contribution in [0.4, 0.5) is 4.79 Å². The van der Waals surface area contributed by atoms with Gasteiger partial charge in [0.05, 0.1) is 12.1 Å². The van der Waals surface area contributed by atoms with Crippen molar-refractivity contribution in [2.45, 2.75) is 30.4 Å². The van der Waals surface area contributed by atoms with E-state index in [-0.39, 0.29) is 5.41 Å². The summed E-state index contributed by atoms with van der Waals surface area (Å²) in [5.74, 6) is 0. The molecule has 0 radical (unpaired) electrons. The molecular formula is C12H13NO3. The lowest BCUT2D eigenvalue weighted by Crippen LogP contribution is -2.36. The number of aliphatic hydroxyl groups is 1. The van der Waals surface area contributed by atoms with E-state index in [1.807, 2.05) is 24.3 Å². The number of carbonyl (C=O) groups is 1. The van der Waals surface area contributed by atoms with Crippen LogP contribution in [0.2, 0.25) is 0 Å². The summed E-state index contributed by atoms with van der Waals surface area (Å²) in [6.45, 7) is 0. The second-order valence-corrected chi connectivity index (χ2v) is 4.62. The van der Waals surface area contributed by atoms with Crippen molar-refractivity contribution >= 4 is 6.09 Å². The van der Waals surface area contributed by atoms with Gasteiger partial charge in [-0.05, 0) is 24.0 Å². The fourth-order valence-corrected chi connectivity index (χ4v) is 2.86. The molecule has 84 valence electrons. The van der Waals surface area contributed by atoms with Crippen molar-refractivity contribution in [2.24, 2.45) is 0 Å². The monoisotopic (exact) mass is 219 g/mol. The Bertz CT molecular complexity index is 453. The smallest absolute Gasteiger partial charge is 0.405 e. The predicted molar refractivity (Wildman–Crippen MR) is 57.3 cm³/mol. The first-order valence-electron chi connectivity index (χ1n) is 5.42. The molecule has 0 aromatic heterocycles. The molecule has 1 aromatic carbocycles.